The molecule has 1 amide bonds. The Bertz CT molecular complexity index is 406. The maximum absolute atomic E-state index is 12.0. The van der Waals surface area contributed by atoms with Crippen molar-refractivity contribution in [1.82, 2.24) is 15.2 Å². The van der Waals surface area contributed by atoms with E-state index < -0.39 is 0 Å². The zero-order valence-corrected chi connectivity index (χ0v) is 12.2. The molecule has 0 aliphatic heterocycles. The van der Waals surface area contributed by atoms with Gasteiger partial charge in [-0.1, -0.05) is 0 Å². The lowest BCUT2D eigenvalue weighted by Crippen LogP contribution is -2.31. The molecule has 0 aliphatic carbocycles. The summed E-state index contributed by atoms with van der Waals surface area (Å²) in [5.74, 6) is 0.531. The molecule has 0 aliphatic rings. The second-order valence-corrected chi connectivity index (χ2v) is 4.83. The van der Waals surface area contributed by atoms with Crippen molar-refractivity contribution in [2.45, 2.75) is 26.3 Å². The first-order chi connectivity index (χ1) is 9.06. The van der Waals surface area contributed by atoms with Gasteiger partial charge in [0.05, 0.1) is 5.56 Å². The summed E-state index contributed by atoms with van der Waals surface area (Å²) >= 11 is 0. The number of nitrogens with one attached hydrogen (secondary N) is 2. The summed E-state index contributed by atoms with van der Waals surface area (Å²) in [6.07, 6.45) is 2.61. The van der Waals surface area contributed by atoms with E-state index in [0.29, 0.717) is 24.0 Å². The minimum absolute atomic E-state index is 0.0790. The zero-order valence-electron chi connectivity index (χ0n) is 12.2. The van der Waals surface area contributed by atoms with E-state index in [1.165, 1.54) is 0 Å². The standard InChI is InChI=1S/C14H24N4O/c1-11(2)18(4)10-6-9-17-14(19)12-7-5-8-16-13(12)15-3/h5,7-8,11H,6,9-10H2,1-4H3,(H,15,16)(H,17,19). The van der Waals surface area contributed by atoms with Gasteiger partial charge in [-0.2, -0.15) is 0 Å². The Hall–Kier alpha value is -1.62. The number of carbonyl (C=O) groups is 1. The molecule has 0 unspecified atom stereocenters. The van der Waals surface area contributed by atoms with E-state index in [1.807, 2.05) is 0 Å². The van der Waals surface area contributed by atoms with Crippen molar-refractivity contribution < 1.29 is 4.79 Å². The predicted molar refractivity (Wildman–Crippen MR) is 78.5 cm³/mol. The SMILES string of the molecule is CNc1ncccc1C(=O)NCCCN(C)C(C)C. The van der Waals surface area contributed by atoms with Gasteiger partial charge in [-0.25, -0.2) is 4.98 Å². The number of anilines is 1. The summed E-state index contributed by atoms with van der Waals surface area (Å²) in [5.41, 5.74) is 0.585. The van der Waals surface area contributed by atoms with Gasteiger partial charge < -0.3 is 15.5 Å². The third-order valence-electron chi connectivity index (χ3n) is 3.14. The highest BCUT2D eigenvalue weighted by molar-refractivity contribution is 5.98. The molecule has 106 valence electrons. The van der Waals surface area contributed by atoms with Gasteiger partial charge in [0.1, 0.15) is 5.82 Å². The van der Waals surface area contributed by atoms with E-state index in [9.17, 15) is 4.79 Å². The second kappa shape index (κ2) is 7.74. The number of carbonyl (C=O) groups excluding carboxylic acids is 1. The maximum Gasteiger partial charge on any atom is 0.255 e. The van der Waals surface area contributed by atoms with Crippen LogP contribution < -0.4 is 10.6 Å². The quantitative estimate of drug-likeness (QED) is 0.734. The molecule has 0 aromatic carbocycles. The number of rotatable bonds is 7. The van der Waals surface area contributed by atoms with Gasteiger partial charge in [0.2, 0.25) is 0 Å². The molecular formula is C14H24N4O. The van der Waals surface area contributed by atoms with Gasteiger partial charge in [-0.05, 0) is 46.0 Å². The number of amides is 1. The van der Waals surface area contributed by atoms with Crippen LogP contribution >= 0.6 is 0 Å². The van der Waals surface area contributed by atoms with Crippen LogP contribution in [0.25, 0.3) is 0 Å². The van der Waals surface area contributed by atoms with E-state index in [0.717, 1.165) is 13.0 Å². The van der Waals surface area contributed by atoms with Crippen LogP contribution in [0.4, 0.5) is 5.82 Å². The molecular weight excluding hydrogens is 240 g/mol. The summed E-state index contributed by atoms with van der Waals surface area (Å²) in [5, 5.41) is 5.84. The Morgan fingerprint density at radius 2 is 2.21 bits per heavy atom. The molecule has 0 fully saturated rings. The first kappa shape index (κ1) is 15.4. The molecule has 0 saturated carbocycles. The summed E-state index contributed by atoms with van der Waals surface area (Å²) in [4.78, 5) is 18.4. The molecule has 5 heteroatoms. The molecule has 1 aromatic heterocycles. The van der Waals surface area contributed by atoms with Gasteiger partial charge in [-0.3, -0.25) is 4.79 Å². The van der Waals surface area contributed by atoms with Crippen molar-refractivity contribution in [1.29, 1.82) is 0 Å². The average Bonchev–Trinajstić information content (AvgIpc) is 2.42. The van der Waals surface area contributed by atoms with Gasteiger partial charge in [0.15, 0.2) is 0 Å². The molecule has 2 N–H and O–H groups in total. The zero-order chi connectivity index (χ0) is 14.3. The minimum atomic E-state index is -0.0790. The van der Waals surface area contributed by atoms with Crippen molar-refractivity contribution in [2.75, 3.05) is 32.5 Å². The maximum atomic E-state index is 12.0. The first-order valence-corrected chi connectivity index (χ1v) is 6.67. The summed E-state index contributed by atoms with van der Waals surface area (Å²) in [7, 11) is 3.85. The van der Waals surface area contributed by atoms with E-state index in [4.69, 9.17) is 0 Å². The minimum Gasteiger partial charge on any atom is -0.372 e. The fourth-order valence-electron chi connectivity index (χ4n) is 1.67. The molecule has 0 radical (unpaired) electrons. The van der Waals surface area contributed by atoms with Crippen LogP contribution in [-0.2, 0) is 0 Å². The molecule has 0 spiro atoms. The van der Waals surface area contributed by atoms with Crippen LogP contribution in [0.1, 0.15) is 30.6 Å². The monoisotopic (exact) mass is 264 g/mol. The van der Waals surface area contributed by atoms with Crippen LogP contribution in [0.5, 0.6) is 0 Å². The molecule has 0 bridgehead atoms. The van der Waals surface area contributed by atoms with Gasteiger partial charge >= 0.3 is 0 Å². The highest BCUT2D eigenvalue weighted by atomic mass is 16.1. The normalized spacial score (nSPS) is 10.8. The van der Waals surface area contributed by atoms with E-state index >= 15 is 0 Å². The van der Waals surface area contributed by atoms with Crippen LogP contribution in [0.2, 0.25) is 0 Å². The van der Waals surface area contributed by atoms with Crippen molar-refractivity contribution in [3.63, 3.8) is 0 Å². The Morgan fingerprint density at radius 1 is 1.47 bits per heavy atom. The van der Waals surface area contributed by atoms with E-state index in [1.54, 1.807) is 25.4 Å². The lowest BCUT2D eigenvalue weighted by atomic mass is 10.2. The van der Waals surface area contributed by atoms with E-state index in [-0.39, 0.29) is 5.91 Å². The van der Waals surface area contributed by atoms with Crippen LogP contribution in [0, 0.1) is 0 Å². The van der Waals surface area contributed by atoms with Gasteiger partial charge in [-0.15, -0.1) is 0 Å². The van der Waals surface area contributed by atoms with Crippen molar-refractivity contribution in [3.05, 3.63) is 23.9 Å². The Morgan fingerprint density at radius 3 is 2.84 bits per heavy atom. The van der Waals surface area contributed by atoms with Crippen LogP contribution in [0.3, 0.4) is 0 Å². The highest BCUT2D eigenvalue weighted by Gasteiger charge is 2.10. The van der Waals surface area contributed by atoms with Crippen LogP contribution in [0.15, 0.2) is 18.3 Å². The van der Waals surface area contributed by atoms with Gasteiger partial charge in [0.25, 0.3) is 5.91 Å². The highest BCUT2D eigenvalue weighted by Crippen LogP contribution is 2.09. The molecule has 1 aromatic rings. The smallest absolute Gasteiger partial charge is 0.255 e. The number of hydrogen-bond acceptors (Lipinski definition) is 4. The second-order valence-electron chi connectivity index (χ2n) is 4.83. The number of pyridine rings is 1. The number of hydrogen-bond donors (Lipinski definition) is 2. The average molecular weight is 264 g/mol. The Kier molecular flexibility index (Phi) is 6.29. The molecule has 0 saturated heterocycles. The predicted octanol–water partition coefficient (Wildman–Crippen LogP) is 1.58. The number of aromatic nitrogens is 1. The number of nitrogens with zero attached hydrogens (tertiary/aromatic N) is 2. The molecule has 1 rings (SSSR count). The fourth-order valence-corrected chi connectivity index (χ4v) is 1.67. The Labute approximate surface area is 115 Å². The van der Waals surface area contributed by atoms with Gasteiger partial charge in [0, 0.05) is 25.8 Å². The Balaban J connectivity index is 2.39. The van der Waals surface area contributed by atoms with Crippen molar-refractivity contribution >= 4 is 11.7 Å². The third kappa shape index (κ3) is 4.87. The third-order valence-corrected chi connectivity index (χ3v) is 3.14. The molecule has 1 heterocycles. The fraction of sp³-hybridized carbons (Fsp3) is 0.571. The lowest BCUT2D eigenvalue weighted by Gasteiger charge is -2.20. The molecule has 0 atom stereocenters. The lowest BCUT2D eigenvalue weighted by molar-refractivity contribution is 0.0952. The van der Waals surface area contributed by atoms with Crippen molar-refractivity contribution in [2.24, 2.45) is 0 Å². The summed E-state index contributed by atoms with van der Waals surface area (Å²) in [6, 6.07) is 4.07. The summed E-state index contributed by atoms with van der Waals surface area (Å²) < 4.78 is 0. The molecule has 5 nitrogen and oxygen atoms in total. The van der Waals surface area contributed by atoms with Crippen LogP contribution in [-0.4, -0.2) is 49.0 Å². The largest absolute Gasteiger partial charge is 0.372 e. The topological polar surface area (TPSA) is 57.3 Å². The van der Waals surface area contributed by atoms with E-state index in [2.05, 4.69) is 41.4 Å². The first-order valence-electron chi connectivity index (χ1n) is 6.67. The van der Waals surface area contributed by atoms with Crippen molar-refractivity contribution in [3.8, 4) is 0 Å². The summed E-state index contributed by atoms with van der Waals surface area (Å²) in [6.45, 7) is 5.97. The molecule has 19 heavy (non-hydrogen) atoms.